The van der Waals surface area contributed by atoms with Crippen molar-refractivity contribution in [3.63, 3.8) is 0 Å². The topological polar surface area (TPSA) is 63.7 Å². The monoisotopic (exact) mass is 451 g/mol. The van der Waals surface area contributed by atoms with Crippen LogP contribution in [0.3, 0.4) is 0 Å². The number of carbonyl (C=O) groups is 1. The molecule has 0 radical (unpaired) electrons. The summed E-state index contributed by atoms with van der Waals surface area (Å²) in [6.07, 6.45) is 2.10. The van der Waals surface area contributed by atoms with Gasteiger partial charge in [0.2, 0.25) is 0 Å². The van der Waals surface area contributed by atoms with Crippen LogP contribution in [0.4, 0.5) is 4.79 Å². The molecule has 1 saturated heterocycles. The normalized spacial score (nSPS) is 16.3. The summed E-state index contributed by atoms with van der Waals surface area (Å²) in [5.41, 5.74) is 0.972. The predicted octanol–water partition coefficient (Wildman–Crippen LogP) is 3.23. The third-order valence-corrected chi connectivity index (χ3v) is 8.12. The van der Waals surface area contributed by atoms with Crippen molar-refractivity contribution in [3.05, 3.63) is 35.9 Å². The quantitative estimate of drug-likeness (QED) is 0.492. The van der Waals surface area contributed by atoms with Crippen LogP contribution in [0.2, 0.25) is 0 Å². The molecule has 23 heavy (non-hydrogen) atoms. The summed E-state index contributed by atoms with van der Waals surface area (Å²) < 4.78 is 28.6. The van der Waals surface area contributed by atoms with Gasteiger partial charge in [0.15, 0.2) is 9.84 Å². The van der Waals surface area contributed by atoms with Crippen LogP contribution in [-0.4, -0.2) is 42.0 Å². The standard InChI is InChI=1S/C16H22INO4S/c17-13-23(20,21)11-8-14-6-9-18(10-7-14)16(19)22-12-15-4-2-1-3-5-15/h1-5,14H,6-13H2. The number of ether oxygens (including phenoxy) is 1. The summed E-state index contributed by atoms with van der Waals surface area (Å²) in [6, 6.07) is 9.60. The first-order valence-corrected chi connectivity index (χ1v) is 11.1. The first kappa shape index (κ1) is 18.5. The Morgan fingerprint density at radius 3 is 2.48 bits per heavy atom. The zero-order valence-corrected chi connectivity index (χ0v) is 16.0. The minimum atomic E-state index is -2.91. The van der Waals surface area contributed by atoms with E-state index in [1.54, 1.807) is 4.90 Å². The lowest BCUT2D eigenvalue weighted by Crippen LogP contribution is -2.39. The summed E-state index contributed by atoms with van der Waals surface area (Å²) in [5, 5.41) is 0. The second-order valence-electron chi connectivity index (χ2n) is 5.82. The largest absolute Gasteiger partial charge is 0.445 e. The van der Waals surface area contributed by atoms with Gasteiger partial charge in [-0.2, -0.15) is 0 Å². The lowest BCUT2D eigenvalue weighted by atomic mass is 9.95. The molecule has 0 bridgehead atoms. The van der Waals surface area contributed by atoms with Crippen LogP contribution in [0, 0.1) is 5.92 Å². The third-order valence-electron chi connectivity index (χ3n) is 4.08. The first-order chi connectivity index (χ1) is 11.0. The first-order valence-electron chi connectivity index (χ1n) is 7.72. The molecule has 0 unspecified atom stereocenters. The van der Waals surface area contributed by atoms with Crippen molar-refractivity contribution in [2.45, 2.75) is 25.9 Å². The molecule has 0 aromatic heterocycles. The summed E-state index contributed by atoms with van der Waals surface area (Å²) in [4.78, 5) is 13.8. The predicted molar refractivity (Wildman–Crippen MR) is 98.2 cm³/mol. The Morgan fingerprint density at radius 1 is 1.22 bits per heavy atom. The van der Waals surface area contributed by atoms with E-state index in [9.17, 15) is 13.2 Å². The molecule has 1 amide bonds. The van der Waals surface area contributed by atoms with Crippen molar-refractivity contribution in [1.29, 1.82) is 0 Å². The summed E-state index contributed by atoms with van der Waals surface area (Å²) in [7, 11) is -2.91. The maximum absolute atomic E-state index is 12.0. The highest BCUT2D eigenvalue weighted by Crippen LogP contribution is 2.22. The number of carbonyl (C=O) groups excluding carboxylic acids is 1. The van der Waals surface area contributed by atoms with Crippen molar-refractivity contribution < 1.29 is 17.9 Å². The van der Waals surface area contributed by atoms with Gasteiger partial charge in [-0.3, -0.25) is 0 Å². The number of alkyl halides is 1. The molecule has 7 heteroatoms. The summed E-state index contributed by atoms with van der Waals surface area (Å²) in [6.45, 7) is 1.57. The smallest absolute Gasteiger partial charge is 0.410 e. The van der Waals surface area contributed by atoms with Gasteiger partial charge in [0.25, 0.3) is 0 Å². The van der Waals surface area contributed by atoms with Crippen LogP contribution in [0.5, 0.6) is 0 Å². The molecule has 1 aliphatic heterocycles. The van der Waals surface area contributed by atoms with E-state index in [1.165, 1.54) is 0 Å². The van der Waals surface area contributed by atoms with Gasteiger partial charge >= 0.3 is 6.09 Å². The van der Waals surface area contributed by atoms with Gasteiger partial charge < -0.3 is 9.64 Å². The van der Waals surface area contributed by atoms with Gasteiger partial charge in [-0.15, -0.1) is 0 Å². The molecule has 0 spiro atoms. The fraction of sp³-hybridized carbons (Fsp3) is 0.562. The Hall–Kier alpha value is -0.830. The molecule has 128 valence electrons. The van der Waals surface area contributed by atoms with Crippen LogP contribution >= 0.6 is 22.6 Å². The zero-order valence-electron chi connectivity index (χ0n) is 13.0. The number of hydrogen-bond donors (Lipinski definition) is 0. The molecule has 1 fully saturated rings. The van der Waals surface area contributed by atoms with Gasteiger partial charge in [0.05, 0.1) is 5.75 Å². The highest BCUT2D eigenvalue weighted by atomic mass is 127. The molecular weight excluding hydrogens is 429 g/mol. The van der Waals surface area contributed by atoms with Crippen molar-refractivity contribution in [1.82, 2.24) is 4.90 Å². The third kappa shape index (κ3) is 6.29. The van der Waals surface area contributed by atoms with Gasteiger partial charge in [-0.05, 0) is 30.7 Å². The minimum Gasteiger partial charge on any atom is -0.445 e. The number of piperidine rings is 1. The second kappa shape index (κ2) is 8.86. The van der Waals surface area contributed by atoms with Crippen LogP contribution in [0.15, 0.2) is 30.3 Å². The van der Waals surface area contributed by atoms with Gasteiger partial charge in [-0.25, -0.2) is 13.2 Å². The molecular formula is C16H22INO4S. The Balaban J connectivity index is 1.70. The van der Waals surface area contributed by atoms with Gasteiger partial charge in [0.1, 0.15) is 10.4 Å². The van der Waals surface area contributed by atoms with E-state index in [4.69, 9.17) is 4.74 Å². The van der Waals surface area contributed by atoms with Crippen LogP contribution < -0.4 is 0 Å². The second-order valence-corrected chi connectivity index (χ2v) is 9.80. The van der Waals surface area contributed by atoms with E-state index < -0.39 is 9.84 Å². The number of rotatable bonds is 6. The van der Waals surface area contributed by atoms with E-state index in [1.807, 2.05) is 52.9 Å². The number of amides is 1. The maximum atomic E-state index is 12.0. The van der Waals surface area contributed by atoms with Crippen molar-refractivity contribution in [3.8, 4) is 0 Å². The van der Waals surface area contributed by atoms with Crippen molar-refractivity contribution in [2.24, 2.45) is 5.92 Å². The van der Waals surface area contributed by atoms with E-state index in [2.05, 4.69) is 0 Å². The molecule has 1 aromatic carbocycles. The highest BCUT2D eigenvalue weighted by Gasteiger charge is 2.24. The molecule has 1 aliphatic rings. The van der Waals surface area contributed by atoms with Crippen molar-refractivity contribution in [2.75, 3.05) is 22.6 Å². The molecule has 1 aromatic rings. The fourth-order valence-electron chi connectivity index (χ4n) is 2.62. The lowest BCUT2D eigenvalue weighted by molar-refractivity contribution is 0.0820. The Labute approximate surface area is 151 Å². The molecule has 2 rings (SSSR count). The van der Waals surface area contributed by atoms with Crippen LogP contribution in [-0.2, 0) is 21.2 Å². The van der Waals surface area contributed by atoms with E-state index in [0.717, 1.165) is 18.4 Å². The zero-order chi connectivity index (χ0) is 16.7. The summed E-state index contributed by atoms with van der Waals surface area (Å²) >= 11 is 1.89. The summed E-state index contributed by atoms with van der Waals surface area (Å²) in [5.74, 6) is 0.630. The van der Waals surface area contributed by atoms with E-state index >= 15 is 0 Å². The molecule has 0 saturated carbocycles. The Bertz CT molecular complexity index is 598. The number of sulfone groups is 1. The average molecular weight is 451 g/mol. The van der Waals surface area contributed by atoms with Gasteiger partial charge in [0, 0.05) is 13.1 Å². The van der Waals surface area contributed by atoms with Crippen molar-refractivity contribution >= 4 is 38.5 Å². The SMILES string of the molecule is O=C(OCc1ccccc1)N1CCC(CCS(=O)(=O)CI)CC1. The fourth-order valence-corrected chi connectivity index (χ4v) is 4.35. The average Bonchev–Trinajstić information content (AvgIpc) is 2.59. The maximum Gasteiger partial charge on any atom is 0.410 e. The van der Waals surface area contributed by atoms with E-state index in [0.29, 0.717) is 25.4 Å². The Morgan fingerprint density at radius 2 is 1.87 bits per heavy atom. The van der Waals surface area contributed by atoms with Crippen LogP contribution in [0.1, 0.15) is 24.8 Å². The number of likely N-dealkylation sites (tertiary alicyclic amines) is 1. The molecule has 0 atom stereocenters. The number of nitrogens with zero attached hydrogens (tertiary/aromatic N) is 1. The molecule has 0 aliphatic carbocycles. The molecule has 0 N–H and O–H groups in total. The number of hydrogen-bond acceptors (Lipinski definition) is 4. The minimum absolute atomic E-state index is 0.176. The Kier molecular flexibility index (Phi) is 7.13. The number of benzene rings is 1. The molecule has 5 nitrogen and oxygen atoms in total. The highest BCUT2D eigenvalue weighted by molar-refractivity contribution is 14.1. The number of halogens is 1. The lowest BCUT2D eigenvalue weighted by Gasteiger charge is -2.31. The van der Waals surface area contributed by atoms with E-state index in [-0.39, 0.29) is 22.2 Å². The van der Waals surface area contributed by atoms with Gasteiger partial charge in [-0.1, -0.05) is 52.9 Å². The molecule has 1 heterocycles. The van der Waals surface area contributed by atoms with Crippen LogP contribution in [0.25, 0.3) is 0 Å².